The molecular formula is C15H23NO3S. The highest BCUT2D eigenvalue weighted by Gasteiger charge is 2.46. The molecule has 1 aliphatic rings. The second kappa shape index (κ2) is 6.89. The Labute approximate surface area is 125 Å². The maximum absolute atomic E-state index is 6.07. The van der Waals surface area contributed by atoms with E-state index in [2.05, 4.69) is 11.9 Å². The van der Waals surface area contributed by atoms with Gasteiger partial charge in [-0.05, 0) is 32.9 Å². The zero-order valence-corrected chi connectivity index (χ0v) is 13.4. The largest absolute Gasteiger partial charge is 0.376 e. The molecular weight excluding hydrogens is 274 g/mol. The first-order chi connectivity index (χ1) is 9.59. The summed E-state index contributed by atoms with van der Waals surface area (Å²) in [6, 6.07) is 5.90. The Bertz CT molecular complexity index is 417. The summed E-state index contributed by atoms with van der Waals surface area (Å²) in [5.41, 5.74) is -0.304. The van der Waals surface area contributed by atoms with Crippen molar-refractivity contribution in [1.29, 1.82) is 0 Å². The van der Waals surface area contributed by atoms with Gasteiger partial charge in [-0.2, -0.15) is 0 Å². The maximum atomic E-state index is 6.07. The van der Waals surface area contributed by atoms with E-state index in [1.807, 2.05) is 32.0 Å². The van der Waals surface area contributed by atoms with E-state index in [0.717, 1.165) is 11.4 Å². The second-order valence-corrected chi connectivity index (χ2v) is 6.33. The van der Waals surface area contributed by atoms with Crippen molar-refractivity contribution >= 4 is 11.8 Å². The van der Waals surface area contributed by atoms with Gasteiger partial charge in [0.2, 0.25) is 0 Å². The number of hydrogen-bond acceptors (Lipinski definition) is 5. The van der Waals surface area contributed by atoms with Gasteiger partial charge in [-0.15, -0.1) is 0 Å². The fraction of sp³-hybridized carbons (Fsp3) is 0.667. The number of thioether (sulfide) groups is 1. The van der Waals surface area contributed by atoms with Gasteiger partial charge in [0.15, 0.2) is 0 Å². The van der Waals surface area contributed by atoms with E-state index < -0.39 is 0 Å². The molecule has 112 valence electrons. The monoisotopic (exact) mass is 297 g/mol. The van der Waals surface area contributed by atoms with E-state index in [9.17, 15) is 0 Å². The molecule has 0 unspecified atom stereocenters. The minimum atomic E-state index is -0.333. The lowest BCUT2D eigenvalue weighted by Gasteiger charge is -2.46. The van der Waals surface area contributed by atoms with Gasteiger partial charge >= 0.3 is 0 Å². The highest BCUT2D eigenvalue weighted by atomic mass is 32.2. The predicted molar refractivity (Wildman–Crippen MR) is 79.9 cm³/mol. The van der Waals surface area contributed by atoms with Crippen molar-refractivity contribution in [2.45, 2.75) is 55.5 Å². The Hall–Kier alpha value is -0.620. The van der Waals surface area contributed by atoms with E-state index in [1.165, 1.54) is 0 Å². The lowest BCUT2D eigenvalue weighted by molar-refractivity contribution is -0.213. The molecule has 0 amide bonds. The molecule has 0 saturated carbocycles. The highest BCUT2D eigenvalue weighted by Crippen LogP contribution is 2.39. The van der Waals surface area contributed by atoms with Gasteiger partial charge < -0.3 is 14.2 Å². The molecule has 0 aromatic carbocycles. The lowest BCUT2D eigenvalue weighted by atomic mass is 9.89. The third kappa shape index (κ3) is 3.52. The minimum absolute atomic E-state index is 0.00476. The molecule has 0 radical (unpaired) electrons. The molecule has 20 heavy (non-hydrogen) atoms. The van der Waals surface area contributed by atoms with E-state index in [0.29, 0.717) is 6.61 Å². The summed E-state index contributed by atoms with van der Waals surface area (Å²) < 4.78 is 17.6. The SMILES string of the molecule is CCO[C@H]1[C@H](C)O[C@H](Sc2ccccn2)C[C@@]1(C)OC. The zero-order valence-electron chi connectivity index (χ0n) is 12.5. The number of ether oxygens (including phenoxy) is 3. The van der Waals surface area contributed by atoms with Crippen molar-refractivity contribution in [3.05, 3.63) is 24.4 Å². The van der Waals surface area contributed by atoms with Crippen molar-refractivity contribution in [2.24, 2.45) is 0 Å². The lowest BCUT2D eigenvalue weighted by Crippen LogP contribution is -2.56. The van der Waals surface area contributed by atoms with Gasteiger partial charge in [-0.25, -0.2) is 4.98 Å². The molecule has 1 aromatic rings. The van der Waals surface area contributed by atoms with Gasteiger partial charge in [-0.1, -0.05) is 17.8 Å². The number of pyridine rings is 1. The standard InChI is InChI=1S/C15H23NO3S/c1-5-18-14-11(2)19-13(10-15(14,3)17-4)20-12-8-6-7-9-16-12/h6-9,11,13-14H,5,10H2,1-4H3/t11-,13+,14-,15+/m0/s1. The molecule has 2 rings (SSSR count). The Kier molecular flexibility index (Phi) is 5.43. The normalized spacial score (nSPS) is 34.1. The van der Waals surface area contributed by atoms with E-state index in [-0.39, 0.29) is 23.2 Å². The third-order valence-corrected chi connectivity index (χ3v) is 4.69. The summed E-state index contributed by atoms with van der Waals surface area (Å²) in [4.78, 5) is 4.34. The molecule has 4 nitrogen and oxygen atoms in total. The van der Waals surface area contributed by atoms with Crippen molar-refractivity contribution in [3.8, 4) is 0 Å². The van der Waals surface area contributed by atoms with Crippen LogP contribution in [0.3, 0.4) is 0 Å². The van der Waals surface area contributed by atoms with Crippen LogP contribution >= 0.6 is 11.8 Å². The first-order valence-electron chi connectivity index (χ1n) is 6.99. The van der Waals surface area contributed by atoms with Crippen LogP contribution in [0.5, 0.6) is 0 Å². The van der Waals surface area contributed by atoms with Gasteiger partial charge in [0.05, 0.1) is 16.7 Å². The predicted octanol–water partition coefficient (Wildman–Crippen LogP) is 3.12. The Morgan fingerprint density at radius 2 is 2.30 bits per heavy atom. The summed E-state index contributed by atoms with van der Waals surface area (Å²) in [7, 11) is 1.74. The van der Waals surface area contributed by atoms with Crippen molar-refractivity contribution in [2.75, 3.05) is 13.7 Å². The molecule has 1 aromatic heterocycles. The summed E-state index contributed by atoms with van der Waals surface area (Å²) in [6.07, 6.45) is 2.53. The quantitative estimate of drug-likeness (QED) is 0.835. The molecule has 4 atom stereocenters. The average molecular weight is 297 g/mol. The molecule has 0 aliphatic carbocycles. The number of aromatic nitrogens is 1. The number of nitrogens with zero attached hydrogens (tertiary/aromatic N) is 1. The topological polar surface area (TPSA) is 40.6 Å². The molecule has 0 N–H and O–H groups in total. The smallest absolute Gasteiger partial charge is 0.112 e. The van der Waals surface area contributed by atoms with Crippen molar-refractivity contribution < 1.29 is 14.2 Å². The molecule has 0 spiro atoms. The zero-order chi connectivity index (χ0) is 14.6. The minimum Gasteiger partial charge on any atom is -0.376 e. The van der Waals surface area contributed by atoms with Crippen LogP contribution in [0.4, 0.5) is 0 Å². The van der Waals surface area contributed by atoms with Gasteiger partial charge in [0, 0.05) is 26.3 Å². The number of hydrogen-bond donors (Lipinski definition) is 0. The maximum Gasteiger partial charge on any atom is 0.112 e. The number of rotatable bonds is 5. The first-order valence-corrected chi connectivity index (χ1v) is 7.87. The molecule has 1 fully saturated rings. The van der Waals surface area contributed by atoms with Crippen LogP contribution in [-0.2, 0) is 14.2 Å². The molecule has 2 heterocycles. The van der Waals surface area contributed by atoms with Crippen LogP contribution in [-0.4, -0.2) is 41.9 Å². The molecule has 1 saturated heterocycles. The average Bonchev–Trinajstić information content (AvgIpc) is 2.44. The van der Waals surface area contributed by atoms with Gasteiger partial charge in [0.1, 0.15) is 11.5 Å². The van der Waals surface area contributed by atoms with Crippen molar-refractivity contribution in [1.82, 2.24) is 4.98 Å². The van der Waals surface area contributed by atoms with Crippen LogP contribution in [0, 0.1) is 0 Å². The second-order valence-electron chi connectivity index (χ2n) is 5.15. The summed E-state index contributed by atoms with van der Waals surface area (Å²) in [5.74, 6) is 0. The van der Waals surface area contributed by atoms with Crippen LogP contribution in [0.1, 0.15) is 27.2 Å². The molecule has 5 heteroatoms. The first kappa shape index (κ1) is 15.8. The number of methoxy groups -OCH3 is 1. The van der Waals surface area contributed by atoms with Crippen LogP contribution in [0.2, 0.25) is 0 Å². The molecule has 1 aliphatic heterocycles. The Morgan fingerprint density at radius 1 is 1.50 bits per heavy atom. The summed E-state index contributed by atoms with van der Waals surface area (Å²) in [6.45, 7) is 6.80. The Morgan fingerprint density at radius 3 is 2.90 bits per heavy atom. The van der Waals surface area contributed by atoms with E-state index >= 15 is 0 Å². The van der Waals surface area contributed by atoms with E-state index in [1.54, 1.807) is 25.1 Å². The third-order valence-electron chi connectivity index (χ3n) is 3.67. The highest BCUT2D eigenvalue weighted by molar-refractivity contribution is 7.99. The Balaban J connectivity index is 2.08. The van der Waals surface area contributed by atoms with Crippen LogP contribution in [0.25, 0.3) is 0 Å². The fourth-order valence-electron chi connectivity index (χ4n) is 2.61. The van der Waals surface area contributed by atoms with E-state index in [4.69, 9.17) is 14.2 Å². The molecule has 0 bridgehead atoms. The summed E-state index contributed by atoms with van der Waals surface area (Å²) >= 11 is 1.64. The summed E-state index contributed by atoms with van der Waals surface area (Å²) in [5, 5.41) is 0.970. The fourth-order valence-corrected chi connectivity index (χ4v) is 3.81. The van der Waals surface area contributed by atoms with Crippen molar-refractivity contribution in [3.63, 3.8) is 0 Å². The van der Waals surface area contributed by atoms with Gasteiger partial charge in [0.25, 0.3) is 0 Å². The van der Waals surface area contributed by atoms with Crippen LogP contribution < -0.4 is 0 Å². The van der Waals surface area contributed by atoms with Gasteiger partial charge in [-0.3, -0.25) is 0 Å². The van der Waals surface area contributed by atoms with Crippen LogP contribution in [0.15, 0.2) is 29.4 Å².